The summed E-state index contributed by atoms with van der Waals surface area (Å²) in [5, 5.41) is 0.778. The van der Waals surface area contributed by atoms with E-state index >= 15 is 0 Å². The molecular formula is C10H8BrClFe. The van der Waals surface area contributed by atoms with Gasteiger partial charge in [0, 0.05) is 0 Å². The summed E-state index contributed by atoms with van der Waals surface area (Å²) in [6.07, 6.45) is 0. The van der Waals surface area contributed by atoms with E-state index in [0.29, 0.717) is 0 Å². The van der Waals surface area contributed by atoms with E-state index in [1.54, 1.807) is 0 Å². The maximum Gasteiger partial charge on any atom is 2.00 e. The van der Waals surface area contributed by atoms with Crippen LogP contribution in [0.5, 0.6) is 0 Å². The van der Waals surface area contributed by atoms with Gasteiger partial charge in [0.2, 0.25) is 0 Å². The molecule has 70 valence electrons. The van der Waals surface area contributed by atoms with Gasteiger partial charge in [0.1, 0.15) is 0 Å². The molecule has 2 aromatic carbocycles. The predicted octanol–water partition coefficient (Wildman–Crippen LogP) is 4.22. The summed E-state index contributed by atoms with van der Waals surface area (Å²) in [4.78, 5) is 0. The van der Waals surface area contributed by atoms with Crippen molar-refractivity contribution >= 4 is 27.5 Å². The Bertz CT molecular complexity index is 267. The summed E-state index contributed by atoms with van der Waals surface area (Å²) in [5.74, 6) is 0. The van der Waals surface area contributed by atoms with Gasteiger partial charge in [0.05, 0.1) is 0 Å². The zero-order valence-electron chi connectivity index (χ0n) is 6.73. The first-order valence-corrected chi connectivity index (χ1v) is 4.71. The Morgan fingerprint density at radius 1 is 1.23 bits per heavy atom. The van der Waals surface area contributed by atoms with E-state index in [-0.39, 0.29) is 17.1 Å². The largest absolute Gasteiger partial charge is 2.00 e. The van der Waals surface area contributed by atoms with Crippen molar-refractivity contribution in [1.29, 1.82) is 0 Å². The van der Waals surface area contributed by atoms with Crippen LogP contribution >= 0.6 is 27.5 Å². The van der Waals surface area contributed by atoms with Crippen LogP contribution in [0.4, 0.5) is 0 Å². The molecule has 0 amide bonds. The van der Waals surface area contributed by atoms with Gasteiger partial charge < -0.3 is 0 Å². The van der Waals surface area contributed by atoms with Crippen LogP contribution in [-0.2, 0) is 17.1 Å². The van der Waals surface area contributed by atoms with Crippen molar-refractivity contribution in [3.8, 4) is 0 Å². The molecule has 0 nitrogen and oxygen atoms in total. The molecule has 0 bridgehead atoms. The molecule has 0 aliphatic rings. The average Bonchev–Trinajstić information content (AvgIpc) is 2.67. The van der Waals surface area contributed by atoms with Crippen LogP contribution in [-0.4, -0.2) is 0 Å². The molecule has 0 heterocycles. The van der Waals surface area contributed by atoms with E-state index in [4.69, 9.17) is 11.6 Å². The van der Waals surface area contributed by atoms with Gasteiger partial charge in [-0.15, -0.1) is 27.5 Å². The Balaban J connectivity index is 0.000000215. The first-order chi connectivity index (χ1) is 5.80. The number of hydrogen-bond acceptors (Lipinski definition) is 0. The van der Waals surface area contributed by atoms with E-state index in [9.17, 15) is 0 Å². The smallest absolute Gasteiger partial charge is 0.214 e. The van der Waals surface area contributed by atoms with Crippen LogP contribution in [0.3, 0.4) is 0 Å². The van der Waals surface area contributed by atoms with Crippen molar-refractivity contribution in [1.82, 2.24) is 0 Å². The van der Waals surface area contributed by atoms with Gasteiger partial charge in [-0.1, -0.05) is 9.50 Å². The Morgan fingerprint density at radius 3 is 2.00 bits per heavy atom. The third kappa shape index (κ3) is 5.32. The maximum absolute atomic E-state index is 5.58. The molecule has 0 N–H and O–H groups in total. The molecule has 2 rings (SSSR count). The third-order valence-electron chi connectivity index (χ3n) is 1.27. The average molecular weight is 299 g/mol. The summed E-state index contributed by atoms with van der Waals surface area (Å²) >= 11 is 8.81. The summed E-state index contributed by atoms with van der Waals surface area (Å²) in [6, 6.07) is 15.6. The Kier molecular flexibility index (Phi) is 7.39. The molecular weight excluding hydrogens is 291 g/mol. The SMILES string of the molecule is Clc1ccc[c-]1Br.[Fe+2].c1cc[cH-]c1. The minimum Gasteiger partial charge on any atom is -0.214 e. The van der Waals surface area contributed by atoms with E-state index in [2.05, 4.69) is 15.9 Å². The zero-order chi connectivity index (χ0) is 8.81. The quantitative estimate of drug-likeness (QED) is 0.504. The van der Waals surface area contributed by atoms with Gasteiger partial charge in [-0.05, 0) is 0 Å². The molecule has 0 unspecified atom stereocenters. The molecule has 0 spiro atoms. The molecule has 0 saturated carbocycles. The maximum atomic E-state index is 5.58. The minimum atomic E-state index is 0. The molecule has 0 saturated heterocycles. The van der Waals surface area contributed by atoms with Gasteiger partial charge in [-0.2, -0.15) is 30.3 Å². The molecule has 2 aromatic rings. The fourth-order valence-corrected chi connectivity index (χ4v) is 1.12. The van der Waals surface area contributed by atoms with Crippen LogP contribution in [0.15, 0.2) is 53.0 Å². The standard InChI is InChI=1S/C5H3BrCl.C5H5.Fe/c6-4-2-1-3-5(4)7;1-2-4-5-3-1;/h1-3H;1-5H;/q2*-1;+2. The molecule has 0 fully saturated rings. The zero-order valence-corrected chi connectivity index (χ0v) is 10.2. The summed E-state index contributed by atoms with van der Waals surface area (Å²) in [5.41, 5.74) is 0. The molecule has 0 aromatic heterocycles. The number of halogens is 2. The van der Waals surface area contributed by atoms with Crippen LogP contribution < -0.4 is 0 Å². The minimum absolute atomic E-state index is 0. The Labute approximate surface area is 102 Å². The normalized spacial score (nSPS) is 8.15. The second-order valence-corrected chi connectivity index (χ2v) is 3.45. The molecule has 0 aliphatic carbocycles. The fraction of sp³-hybridized carbons (Fsp3) is 0. The topological polar surface area (TPSA) is 0 Å². The van der Waals surface area contributed by atoms with Crippen molar-refractivity contribution in [2.75, 3.05) is 0 Å². The van der Waals surface area contributed by atoms with Crippen molar-refractivity contribution < 1.29 is 17.1 Å². The van der Waals surface area contributed by atoms with Gasteiger partial charge in [-0.3, -0.25) is 0 Å². The van der Waals surface area contributed by atoms with Crippen LogP contribution in [0.2, 0.25) is 5.02 Å². The molecule has 0 aliphatic heterocycles. The second kappa shape index (κ2) is 7.40. The van der Waals surface area contributed by atoms with Crippen LogP contribution in [0, 0.1) is 0 Å². The molecule has 0 radical (unpaired) electrons. The van der Waals surface area contributed by atoms with Crippen LogP contribution in [0.1, 0.15) is 0 Å². The summed E-state index contributed by atoms with van der Waals surface area (Å²) in [7, 11) is 0. The van der Waals surface area contributed by atoms with Gasteiger partial charge >= 0.3 is 17.1 Å². The van der Waals surface area contributed by atoms with Gasteiger partial charge in [-0.25, -0.2) is 18.2 Å². The molecule has 3 heteroatoms. The van der Waals surface area contributed by atoms with Crippen LogP contribution in [0.25, 0.3) is 0 Å². The monoisotopic (exact) mass is 298 g/mol. The number of hydrogen-bond donors (Lipinski definition) is 0. The third-order valence-corrected chi connectivity index (χ3v) is 2.52. The second-order valence-electron chi connectivity index (χ2n) is 2.18. The molecule has 0 atom stereocenters. The van der Waals surface area contributed by atoms with Crippen molar-refractivity contribution in [2.45, 2.75) is 0 Å². The first-order valence-electron chi connectivity index (χ1n) is 3.54. The Morgan fingerprint density at radius 2 is 1.85 bits per heavy atom. The summed E-state index contributed by atoms with van der Waals surface area (Å²) in [6.45, 7) is 0. The summed E-state index contributed by atoms with van der Waals surface area (Å²) < 4.78 is 0.967. The van der Waals surface area contributed by atoms with Crippen molar-refractivity contribution in [2.24, 2.45) is 0 Å². The first kappa shape index (κ1) is 13.0. The number of rotatable bonds is 0. The molecule has 13 heavy (non-hydrogen) atoms. The van der Waals surface area contributed by atoms with E-state index in [1.165, 1.54) is 0 Å². The van der Waals surface area contributed by atoms with E-state index in [1.807, 2.05) is 48.5 Å². The van der Waals surface area contributed by atoms with E-state index < -0.39 is 0 Å². The van der Waals surface area contributed by atoms with Gasteiger partial charge in [0.25, 0.3) is 0 Å². The van der Waals surface area contributed by atoms with Gasteiger partial charge in [0.15, 0.2) is 0 Å². The fourth-order valence-electron chi connectivity index (χ4n) is 0.697. The predicted molar refractivity (Wildman–Crippen MR) is 56.8 cm³/mol. The van der Waals surface area contributed by atoms with Crippen molar-refractivity contribution in [3.63, 3.8) is 0 Å². The van der Waals surface area contributed by atoms with Crippen molar-refractivity contribution in [3.05, 3.63) is 58.0 Å². The van der Waals surface area contributed by atoms with E-state index in [0.717, 1.165) is 9.50 Å². The Hall–Kier alpha value is -0.0105.